The predicted molar refractivity (Wildman–Crippen MR) is 79.0 cm³/mol. The van der Waals surface area contributed by atoms with E-state index in [1.165, 1.54) is 0 Å². The molecule has 2 N–H and O–H groups in total. The molecule has 0 aliphatic carbocycles. The zero-order valence-electron chi connectivity index (χ0n) is 11.3. The SMILES string of the molecule is NCCCCc1cn(CCOc2ccc(Cl)cc2)nn1. The van der Waals surface area contributed by atoms with Gasteiger partial charge in [0.25, 0.3) is 0 Å². The largest absolute Gasteiger partial charge is 0.492 e. The first-order valence-electron chi connectivity index (χ1n) is 6.75. The summed E-state index contributed by atoms with van der Waals surface area (Å²) >= 11 is 5.81. The Hall–Kier alpha value is -1.59. The number of hydrogen-bond acceptors (Lipinski definition) is 4. The molecule has 0 unspecified atom stereocenters. The van der Waals surface area contributed by atoms with Gasteiger partial charge in [0.1, 0.15) is 12.4 Å². The summed E-state index contributed by atoms with van der Waals surface area (Å²) in [5.41, 5.74) is 6.47. The van der Waals surface area contributed by atoms with Crippen LogP contribution >= 0.6 is 11.6 Å². The van der Waals surface area contributed by atoms with Crippen LogP contribution in [0.25, 0.3) is 0 Å². The number of aromatic nitrogens is 3. The molecule has 5 nitrogen and oxygen atoms in total. The molecule has 0 aliphatic heterocycles. The van der Waals surface area contributed by atoms with Crippen LogP contribution in [0.4, 0.5) is 0 Å². The van der Waals surface area contributed by atoms with E-state index in [9.17, 15) is 0 Å². The molecule has 6 heteroatoms. The van der Waals surface area contributed by atoms with Gasteiger partial charge in [-0.15, -0.1) is 5.10 Å². The van der Waals surface area contributed by atoms with Gasteiger partial charge in [-0.3, -0.25) is 0 Å². The first kappa shape index (κ1) is 14.8. The van der Waals surface area contributed by atoms with Gasteiger partial charge < -0.3 is 10.5 Å². The minimum Gasteiger partial charge on any atom is -0.492 e. The van der Waals surface area contributed by atoms with Crippen molar-refractivity contribution in [1.82, 2.24) is 15.0 Å². The Morgan fingerprint density at radius 1 is 1.20 bits per heavy atom. The number of hydrogen-bond donors (Lipinski definition) is 1. The van der Waals surface area contributed by atoms with E-state index >= 15 is 0 Å². The summed E-state index contributed by atoms with van der Waals surface area (Å²) in [7, 11) is 0. The molecule has 2 rings (SSSR count). The fourth-order valence-electron chi connectivity index (χ4n) is 1.80. The lowest BCUT2D eigenvalue weighted by molar-refractivity contribution is 0.289. The van der Waals surface area contributed by atoms with Crippen molar-refractivity contribution < 1.29 is 4.74 Å². The standard InChI is InChI=1S/C14H19ClN4O/c15-12-4-6-14(7-5-12)20-10-9-19-11-13(17-18-19)3-1-2-8-16/h4-7,11H,1-3,8-10,16H2. The molecule has 108 valence electrons. The molecule has 0 fully saturated rings. The third-order valence-electron chi connectivity index (χ3n) is 2.88. The topological polar surface area (TPSA) is 66.0 Å². The fraction of sp³-hybridized carbons (Fsp3) is 0.429. The molecule has 0 saturated carbocycles. The van der Waals surface area contributed by atoms with Crippen molar-refractivity contribution in [3.63, 3.8) is 0 Å². The maximum atomic E-state index is 5.81. The number of unbranched alkanes of at least 4 members (excludes halogenated alkanes) is 1. The highest BCUT2D eigenvalue weighted by molar-refractivity contribution is 6.30. The Bertz CT molecular complexity index is 512. The van der Waals surface area contributed by atoms with E-state index in [0.29, 0.717) is 18.2 Å². The van der Waals surface area contributed by atoms with Gasteiger partial charge in [-0.25, -0.2) is 4.68 Å². The monoisotopic (exact) mass is 294 g/mol. The quantitative estimate of drug-likeness (QED) is 0.759. The molecule has 0 aliphatic rings. The minimum atomic E-state index is 0.549. The van der Waals surface area contributed by atoms with Crippen molar-refractivity contribution in [1.29, 1.82) is 0 Å². The van der Waals surface area contributed by atoms with E-state index in [1.54, 1.807) is 4.68 Å². The van der Waals surface area contributed by atoms with Gasteiger partial charge in [0.2, 0.25) is 0 Å². The Kier molecular flexibility index (Phi) is 5.83. The average Bonchev–Trinajstić information content (AvgIpc) is 2.89. The smallest absolute Gasteiger partial charge is 0.119 e. The molecule has 2 aromatic rings. The summed E-state index contributed by atoms with van der Waals surface area (Å²) in [5.74, 6) is 0.803. The zero-order chi connectivity index (χ0) is 14.2. The van der Waals surface area contributed by atoms with E-state index in [4.69, 9.17) is 22.1 Å². The van der Waals surface area contributed by atoms with Crippen molar-refractivity contribution in [3.05, 3.63) is 41.2 Å². The van der Waals surface area contributed by atoms with Gasteiger partial charge in [-0.1, -0.05) is 16.8 Å². The average molecular weight is 295 g/mol. The number of aryl methyl sites for hydroxylation is 1. The van der Waals surface area contributed by atoms with Gasteiger partial charge >= 0.3 is 0 Å². The Balaban J connectivity index is 1.72. The van der Waals surface area contributed by atoms with Crippen molar-refractivity contribution in [2.75, 3.05) is 13.2 Å². The molecule has 0 radical (unpaired) electrons. The van der Waals surface area contributed by atoms with E-state index in [1.807, 2.05) is 30.5 Å². The van der Waals surface area contributed by atoms with Gasteiger partial charge in [-0.05, 0) is 50.1 Å². The molecular formula is C14H19ClN4O. The van der Waals surface area contributed by atoms with Crippen LogP contribution < -0.4 is 10.5 Å². The van der Waals surface area contributed by atoms with E-state index < -0.39 is 0 Å². The van der Waals surface area contributed by atoms with Gasteiger partial charge in [-0.2, -0.15) is 0 Å². The molecular weight excluding hydrogens is 276 g/mol. The first-order chi connectivity index (χ1) is 9.78. The summed E-state index contributed by atoms with van der Waals surface area (Å²) in [6.45, 7) is 1.95. The van der Waals surface area contributed by atoms with Crippen LogP contribution in [0.3, 0.4) is 0 Å². The highest BCUT2D eigenvalue weighted by Crippen LogP contribution is 2.15. The molecule has 20 heavy (non-hydrogen) atoms. The highest BCUT2D eigenvalue weighted by Gasteiger charge is 2.01. The normalized spacial score (nSPS) is 10.7. The summed E-state index contributed by atoms with van der Waals surface area (Å²) in [5, 5.41) is 8.90. The summed E-state index contributed by atoms with van der Waals surface area (Å²) in [6.07, 6.45) is 4.96. The van der Waals surface area contributed by atoms with E-state index in [2.05, 4.69) is 10.3 Å². The van der Waals surface area contributed by atoms with Gasteiger partial charge in [0.15, 0.2) is 0 Å². The lowest BCUT2D eigenvalue weighted by Gasteiger charge is -2.05. The van der Waals surface area contributed by atoms with Crippen molar-refractivity contribution >= 4 is 11.6 Å². The molecule has 0 atom stereocenters. The van der Waals surface area contributed by atoms with Crippen LogP contribution in [-0.4, -0.2) is 28.1 Å². The van der Waals surface area contributed by atoms with Crippen LogP contribution in [0.2, 0.25) is 5.02 Å². The highest BCUT2D eigenvalue weighted by atomic mass is 35.5. The summed E-state index contributed by atoms with van der Waals surface area (Å²) in [4.78, 5) is 0. The maximum Gasteiger partial charge on any atom is 0.119 e. The Labute approximate surface area is 123 Å². The number of nitrogens with zero attached hydrogens (tertiary/aromatic N) is 3. The molecule has 1 aromatic heterocycles. The van der Waals surface area contributed by atoms with Crippen molar-refractivity contribution in [2.24, 2.45) is 5.73 Å². The Morgan fingerprint density at radius 3 is 2.75 bits per heavy atom. The fourth-order valence-corrected chi connectivity index (χ4v) is 1.93. The molecule has 1 aromatic carbocycles. The molecule has 0 spiro atoms. The van der Waals surface area contributed by atoms with Crippen LogP contribution in [0.1, 0.15) is 18.5 Å². The van der Waals surface area contributed by atoms with Gasteiger partial charge in [0, 0.05) is 11.2 Å². The second-order valence-corrected chi connectivity index (χ2v) is 4.96. The molecule has 0 amide bonds. The number of nitrogens with two attached hydrogens (primary N) is 1. The predicted octanol–water partition coefficient (Wildman–Crippen LogP) is 2.29. The molecule has 0 saturated heterocycles. The molecule has 0 bridgehead atoms. The minimum absolute atomic E-state index is 0.549. The van der Waals surface area contributed by atoms with Crippen molar-refractivity contribution in [2.45, 2.75) is 25.8 Å². The summed E-state index contributed by atoms with van der Waals surface area (Å²) < 4.78 is 7.41. The molecule has 1 heterocycles. The lowest BCUT2D eigenvalue weighted by Crippen LogP contribution is -2.08. The maximum absolute atomic E-state index is 5.81. The van der Waals surface area contributed by atoms with E-state index in [-0.39, 0.29) is 0 Å². The Morgan fingerprint density at radius 2 is 2.00 bits per heavy atom. The number of halogens is 1. The lowest BCUT2D eigenvalue weighted by atomic mass is 10.2. The number of benzene rings is 1. The zero-order valence-corrected chi connectivity index (χ0v) is 12.1. The van der Waals surface area contributed by atoms with Crippen LogP contribution in [0.5, 0.6) is 5.75 Å². The number of rotatable bonds is 8. The number of ether oxygens (including phenoxy) is 1. The first-order valence-corrected chi connectivity index (χ1v) is 7.13. The van der Waals surface area contributed by atoms with E-state index in [0.717, 1.165) is 37.3 Å². The van der Waals surface area contributed by atoms with Crippen LogP contribution in [-0.2, 0) is 13.0 Å². The van der Waals surface area contributed by atoms with Crippen molar-refractivity contribution in [3.8, 4) is 5.75 Å². The van der Waals surface area contributed by atoms with Crippen LogP contribution in [0.15, 0.2) is 30.5 Å². The second-order valence-electron chi connectivity index (χ2n) is 4.52. The van der Waals surface area contributed by atoms with Crippen LogP contribution in [0, 0.1) is 0 Å². The summed E-state index contributed by atoms with van der Waals surface area (Å²) in [6, 6.07) is 7.31. The third kappa shape index (κ3) is 4.83. The third-order valence-corrected chi connectivity index (χ3v) is 3.13. The van der Waals surface area contributed by atoms with Gasteiger partial charge in [0.05, 0.1) is 12.2 Å². The second kappa shape index (κ2) is 7.87.